The summed E-state index contributed by atoms with van der Waals surface area (Å²) >= 11 is 0. The Morgan fingerprint density at radius 1 is 1.10 bits per heavy atom. The first-order chi connectivity index (χ1) is 9.65. The molecule has 0 aliphatic heterocycles. The third-order valence-electron chi connectivity index (χ3n) is 3.32. The molecule has 0 radical (unpaired) electrons. The Morgan fingerprint density at radius 2 is 1.85 bits per heavy atom. The normalized spacial score (nSPS) is 10.7. The highest BCUT2D eigenvalue weighted by atomic mass is 16.1. The monoisotopic (exact) mass is 265 g/mol. The smallest absolute Gasteiger partial charge is 0.276 e. The average Bonchev–Trinajstić information content (AvgIpc) is 2.87. The fourth-order valence-electron chi connectivity index (χ4n) is 2.24. The van der Waals surface area contributed by atoms with E-state index in [1.807, 2.05) is 56.4 Å². The largest absolute Gasteiger partial charge is 0.320 e. The van der Waals surface area contributed by atoms with Crippen LogP contribution in [0.15, 0.2) is 48.7 Å². The van der Waals surface area contributed by atoms with Gasteiger partial charge in [-0.2, -0.15) is 5.10 Å². The zero-order valence-corrected chi connectivity index (χ0v) is 11.4. The Bertz CT molecular complexity index is 736. The van der Waals surface area contributed by atoms with Crippen LogP contribution in [-0.4, -0.2) is 15.5 Å². The molecule has 4 nitrogen and oxygen atoms in total. The van der Waals surface area contributed by atoms with Crippen LogP contribution in [0.2, 0.25) is 0 Å². The van der Waals surface area contributed by atoms with Crippen LogP contribution in [0.1, 0.15) is 21.6 Å². The van der Waals surface area contributed by atoms with Crippen molar-refractivity contribution in [1.82, 2.24) is 9.61 Å². The van der Waals surface area contributed by atoms with Gasteiger partial charge in [0.05, 0.1) is 5.52 Å². The maximum absolute atomic E-state index is 12.3. The van der Waals surface area contributed by atoms with Gasteiger partial charge < -0.3 is 5.32 Å². The lowest BCUT2D eigenvalue weighted by molar-refractivity contribution is 0.102. The standard InChI is InChI=1S/C16H15N3O/c1-11-6-5-7-12(2)15(11)17-16(20)14-10-13-8-3-4-9-19(13)18-14/h3-10H,1-2H3,(H,17,20). The van der Waals surface area contributed by atoms with Crippen LogP contribution < -0.4 is 5.32 Å². The number of aromatic nitrogens is 2. The number of para-hydroxylation sites is 1. The summed E-state index contributed by atoms with van der Waals surface area (Å²) in [5.74, 6) is -0.189. The predicted octanol–water partition coefficient (Wildman–Crippen LogP) is 3.20. The lowest BCUT2D eigenvalue weighted by Crippen LogP contribution is -2.14. The number of benzene rings is 1. The van der Waals surface area contributed by atoms with Gasteiger partial charge in [-0.15, -0.1) is 0 Å². The molecular formula is C16H15N3O. The van der Waals surface area contributed by atoms with Gasteiger partial charge in [-0.25, -0.2) is 4.52 Å². The molecule has 1 aromatic carbocycles. The van der Waals surface area contributed by atoms with Crippen molar-refractivity contribution < 1.29 is 4.79 Å². The Kier molecular flexibility index (Phi) is 2.99. The number of amides is 1. The van der Waals surface area contributed by atoms with Crippen LogP contribution in [0.25, 0.3) is 5.52 Å². The quantitative estimate of drug-likeness (QED) is 0.773. The third kappa shape index (κ3) is 2.16. The van der Waals surface area contributed by atoms with Crippen molar-refractivity contribution in [2.24, 2.45) is 0 Å². The molecule has 0 bridgehead atoms. The topological polar surface area (TPSA) is 46.4 Å². The minimum absolute atomic E-state index is 0.189. The number of aryl methyl sites for hydroxylation is 2. The molecule has 0 saturated heterocycles. The number of pyridine rings is 1. The molecule has 1 N–H and O–H groups in total. The zero-order valence-electron chi connectivity index (χ0n) is 11.4. The molecule has 20 heavy (non-hydrogen) atoms. The van der Waals surface area contributed by atoms with Crippen molar-refractivity contribution in [3.8, 4) is 0 Å². The summed E-state index contributed by atoms with van der Waals surface area (Å²) in [4.78, 5) is 12.3. The molecule has 0 saturated carbocycles. The van der Waals surface area contributed by atoms with Gasteiger partial charge in [0.2, 0.25) is 0 Å². The van der Waals surface area contributed by atoms with Crippen molar-refractivity contribution in [2.45, 2.75) is 13.8 Å². The van der Waals surface area contributed by atoms with Gasteiger partial charge in [0.25, 0.3) is 5.91 Å². The molecular weight excluding hydrogens is 250 g/mol. The Balaban J connectivity index is 1.93. The van der Waals surface area contributed by atoms with Crippen LogP contribution in [0.4, 0.5) is 5.69 Å². The molecule has 2 heterocycles. The molecule has 0 fully saturated rings. The average molecular weight is 265 g/mol. The summed E-state index contributed by atoms with van der Waals surface area (Å²) < 4.78 is 1.69. The maximum atomic E-state index is 12.3. The van der Waals surface area contributed by atoms with Crippen molar-refractivity contribution in [2.75, 3.05) is 5.32 Å². The molecule has 0 aliphatic rings. The van der Waals surface area contributed by atoms with Gasteiger partial charge in [-0.05, 0) is 43.2 Å². The molecule has 0 spiro atoms. The number of anilines is 1. The highest BCUT2D eigenvalue weighted by molar-refractivity contribution is 6.04. The van der Waals surface area contributed by atoms with Gasteiger partial charge in [-0.1, -0.05) is 24.3 Å². The molecule has 3 rings (SSSR count). The number of nitrogens with one attached hydrogen (secondary N) is 1. The number of carbonyl (C=O) groups is 1. The number of fused-ring (bicyclic) bond motifs is 1. The molecule has 0 aliphatic carbocycles. The number of nitrogens with zero attached hydrogens (tertiary/aromatic N) is 2. The first kappa shape index (κ1) is 12.4. The molecule has 2 aromatic heterocycles. The third-order valence-corrected chi connectivity index (χ3v) is 3.32. The first-order valence-corrected chi connectivity index (χ1v) is 6.47. The minimum atomic E-state index is -0.189. The second-order valence-corrected chi connectivity index (χ2v) is 4.82. The summed E-state index contributed by atoms with van der Waals surface area (Å²) in [5.41, 5.74) is 4.26. The highest BCUT2D eigenvalue weighted by Gasteiger charge is 2.13. The van der Waals surface area contributed by atoms with Crippen LogP contribution in [0.3, 0.4) is 0 Å². The second kappa shape index (κ2) is 4.81. The van der Waals surface area contributed by atoms with E-state index in [0.29, 0.717) is 5.69 Å². The number of rotatable bonds is 2. The van der Waals surface area contributed by atoms with Crippen molar-refractivity contribution in [3.05, 3.63) is 65.5 Å². The number of hydrogen-bond acceptors (Lipinski definition) is 2. The maximum Gasteiger partial charge on any atom is 0.276 e. The summed E-state index contributed by atoms with van der Waals surface area (Å²) in [6.07, 6.45) is 1.82. The lowest BCUT2D eigenvalue weighted by Gasteiger charge is -2.09. The van der Waals surface area contributed by atoms with E-state index < -0.39 is 0 Å². The minimum Gasteiger partial charge on any atom is -0.320 e. The number of hydrogen-bond donors (Lipinski definition) is 1. The van der Waals surface area contributed by atoms with E-state index in [-0.39, 0.29) is 5.91 Å². The molecule has 0 atom stereocenters. The molecule has 3 aromatic rings. The first-order valence-electron chi connectivity index (χ1n) is 6.47. The van der Waals surface area contributed by atoms with E-state index in [1.54, 1.807) is 10.6 Å². The Labute approximate surface area is 117 Å². The summed E-state index contributed by atoms with van der Waals surface area (Å²) in [7, 11) is 0. The second-order valence-electron chi connectivity index (χ2n) is 4.82. The van der Waals surface area contributed by atoms with E-state index in [4.69, 9.17) is 0 Å². The zero-order chi connectivity index (χ0) is 14.1. The molecule has 100 valence electrons. The van der Waals surface area contributed by atoms with Gasteiger partial charge in [0.15, 0.2) is 5.69 Å². The fraction of sp³-hybridized carbons (Fsp3) is 0.125. The summed E-state index contributed by atoms with van der Waals surface area (Å²) in [5, 5.41) is 7.21. The molecule has 1 amide bonds. The van der Waals surface area contributed by atoms with Crippen LogP contribution in [0.5, 0.6) is 0 Å². The van der Waals surface area contributed by atoms with Gasteiger partial charge in [0, 0.05) is 11.9 Å². The Morgan fingerprint density at radius 3 is 2.55 bits per heavy atom. The Hall–Kier alpha value is -2.62. The summed E-state index contributed by atoms with van der Waals surface area (Å²) in [6, 6.07) is 13.4. The van der Waals surface area contributed by atoms with Gasteiger partial charge in [0.1, 0.15) is 0 Å². The predicted molar refractivity (Wildman–Crippen MR) is 79.1 cm³/mol. The van der Waals surface area contributed by atoms with E-state index in [9.17, 15) is 4.79 Å². The van der Waals surface area contributed by atoms with Crippen molar-refractivity contribution >= 4 is 17.1 Å². The fourth-order valence-corrected chi connectivity index (χ4v) is 2.24. The van der Waals surface area contributed by atoms with E-state index in [2.05, 4.69) is 10.4 Å². The SMILES string of the molecule is Cc1cccc(C)c1NC(=O)c1cc2ccccn2n1. The lowest BCUT2D eigenvalue weighted by atomic mass is 10.1. The van der Waals surface area contributed by atoms with Gasteiger partial charge >= 0.3 is 0 Å². The van der Waals surface area contributed by atoms with E-state index >= 15 is 0 Å². The molecule has 4 heteroatoms. The number of carbonyl (C=O) groups excluding carboxylic acids is 1. The van der Waals surface area contributed by atoms with Crippen molar-refractivity contribution in [1.29, 1.82) is 0 Å². The van der Waals surface area contributed by atoms with E-state index in [0.717, 1.165) is 22.3 Å². The van der Waals surface area contributed by atoms with E-state index in [1.165, 1.54) is 0 Å². The van der Waals surface area contributed by atoms with Crippen LogP contribution in [0, 0.1) is 13.8 Å². The van der Waals surface area contributed by atoms with Crippen LogP contribution in [-0.2, 0) is 0 Å². The van der Waals surface area contributed by atoms with Crippen LogP contribution >= 0.6 is 0 Å². The summed E-state index contributed by atoms with van der Waals surface area (Å²) in [6.45, 7) is 3.96. The van der Waals surface area contributed by atoms with Crippen molar-refractivity contribution in [3.63, 3.8) is 0 Å². The highest BCUT2D eigenvalue weighted by Crippen LogP contribution is 2.20. The molecule has 0 unspecified atom stereocenters. The van der Waals surface area contributed by atoms with Gasteiger partial charge in [-0.3, -0.25) is 4.79 Å².